The number of aromatic nitrogens is 2. The fraction of sp³-hybridized carbons (Fsp3) is 0.588. The number of nitrogens with zero attached hydrogens (tertiary/aromatic N) is 3. The van der Waals surface area contributed by atoms with Gasteiger partial charge in [-0.1, -0.05) is 12.8 Å². The summed E-state index contributed by atoms with van der Waals surface area (Å²) in [5.74, 6) is 0.669. The van der Waals surface area contributed by atoms with Crippen LogP contribution in [0.15, 0.2) is 35.1 Å². The molecule has 22 heavy (non-hydrogen) atoms. The van der Waals surface area contributed by atoms with Gasteiger partial charge in [-0.3, -0.25) is 9.58 Å². The Hall–Kier alpha value is -1.59. The van der Waals surface area contributed by atoms with Crippen LogP contribution in [0.1, 0.15) is 49.7 Å². The summed E-state index contributed by atoms with van der Waals surface area (Å²) in [5, 5.41) is 14.9. The molecule has 5 nitrogen and oxygen atoms in total. The summed E-state index contributed by atoms with van der Waals surface area (Å²) in [7, 11) is 1.95. The summed E-state index contributed by atoms with van der Waals surface area (Å²) in [6.07, 6.45) is 8.66. The van der Waals surface area contributed by atoms with Crippen LogP contribution in [0, 0.1) is 0 Å². The van der Waals surface area contributed by atoms with Gasteiger partial charge in [0.05, 0.1) is 12.0 Å². The summed E-state index contributed by atoms with van der Waals surface area (Å²) in [4.78, 5) is 2.47. The maximum Gasteiger partial charge on any atom is 0.132 e. The largest absolute Gasteiger partial charge is 0.467 e. The molecular formula is C17H25N3O2. The first kappa shape index (κ1) is 15.3. The Morgan fingerprint density at radius 3 is 3.00 bits per heavy atom. The zero-order chi connectivity index (χ0) is 15.4. The van der Waals surface area contributed by atoms with Crippen LogP contribution >= 0.6 is 0 Å². The van der Waals surface area contributed by atoms with Crippen molar-refractivity contribution in [3.63, 3.8) is 0 Å². The summed E-state index contributed by atoms with van der Waals surface area (Å²) >= 11 is 0. The highest BCUT2D eigenvalue weighted by atomic mass is 16.4. The lowest BCUT2D eigenvalue weighted by atomic mass is 10.0. The zero-order valence-electron chi connectivity index (χ0n) is 13.2. The quantitative estimate of drug-likeness (QED) is 0.923. The van der Waals surface area contributed by atoms with E-state index in [1.165, 1.54) is 19.3 Å². The predicted molar refractivity (Wildman–Crippen MR) is 84.2 cm³/mol. The molecule has 2 atom stereocenters. The minimum atomic E-state index is -0.524. The standard InChI is InChI=1S/C17H25N3O2/c1-19-10-8-14(18-19)13-20-9-4-2-3-6-15(20)12-16(21)17-7-5-11-22-17/h5,7-8,10-11,15-16,21H,2-4,6,9,12-13H2,1H3. The highest BCUT2D eigenvalue weighted by molar-refractivity contribution is 5.03. The lowest BCUT2D eigenvalue weighted by Crippen LogP contribution is -2.35. The third-order valence-electron chi connectivity index (χ3n) is 4.50. The Morgan fingerprint density at radius 1 is 1.36 bits per heavy atom. The molecule has 5 heteroatoms. The molecule has 0 aliphatic carbocycles. The van der Waals surface area contributed by atoms with Crippen molar-refractivity contribution in [2.45, 2.75) is 50.8 Å². The number of aliphatic hydroxyl groups excluding tert-OH is 1. The Bertz CT molecular complexity index is 564. The first-order chi connectivity index (χ1) is 10.7. The molecule has 1 aliphatic rings. The Morgan fingerprint density at radius 2 is 2.27 bits per heavy atom. The van der Waals surface area contributed by atoms with Crippen molar-refractivity contribution < 1.29 is 9.52 Å². The van der Waals surface area contributed by atoms with Crippen molar-refractivity contribution in [1.82, 2.24) is 14.7 Å². The summed E-state index contributed by atoms with van der Waals surface area (Å²) in [6, 6.07) is 6.14. The molecule has 0 saturated carbocycles. The summed E-state index contributed by atoms with van der Waals surface area (Å²) < 4.78 is 7.19. The van der Waals surface area contributed by atoms with E-state index in [0.717, 1.165) is 31.6 Å². The van der Waals surface area contributed by atoms with Crippen LogP contribution in [0.3, 0.4) is 0 Å². The molecule has 0 spiro atoms. The van der Waals surface area contributed by atoms with E-state index >= 15 is 0 Å². The minimum Gasteiger partial charge on any atom is -0.467 e. The number of hydrogen-bond donors (Lipinski definition) is 1. The molecule has 1 fully saturated rings. The van der Waals surface area contributed by atoms with Gasteiger partial charge in [0, 0.05) is 25.8 Å². The van der Waals surface area contributed by atoms with Gasteiger partial charge >= 0.3 is 0 Å². The fourth-order valence-electron chi connectivity index (χ4n) is 3.32. The van der Waals surface area contributed by atoms with E-state index in [9.17, 15) is 5.11 Å². The number of furan rings is 1. The normalized spacial score (nSPS) is 21.6. The number of rotatable bonds is 5. The minimum absolute atomic E-state index is 0.379. The Balaban J connectivity index is 1.67. The molecule has 2 aromatic heterocycles. The van der Waals surface area contributed by atoms with Gasteiger partial charge < -0.3 is 9.52 Å². The van der Waals surface area contributed by atoms with Crippen molar-refractivity contribution in [2.24, 2.45) is 7.05 Å². The zero-order valence-corrected chi connectivity index (χ0v) is 13.2. The van der Waals surface area contributed by atoms with E-state index in [-0.39, 0.29) is 0 Å². The first-order valence-electron chi connectivity index (χ1n) is 8.16. The average Bonchev–Trinajstić information content (AvgIpc) is 3.12. The van der Waals surface area contributed by atoms with Crippen molar-refractivity contribution in [2.75, 3.05) is 6.54 Å². The number of likely N-dealkylation sites (tertiary alicyclic amines) is 1. The Kier molecular flexibility index (Phi) is 4.95. The molecule has 2 unspecified atom stereocenters. The molecule has 0 amide bonds. The number of aryl methyl sites for hydroxylation is 1. The summed E-state index contributed by atoms with van der Waals surface area (Å²) in [6.45, 7) is 1.93. The van der Waals surface area contributed by atoms with Crippen LogP contribution in [0.2, 0.25) is 0 Å². The van der Waals surface area contributed by atoms with E-state index in [0.29, 0.717) is 11.8 Å². The second-order valence-corrected chi connectivity index (χ2v) is 6.22. The monoisotopic (exact) mass is 303 g/mol. The maximum atomic E-state index is 10.4. The van der Waals surface area contributed by atoms with E-state index in [1.54, 1.807) is 6.26 Å². The Labute approximate surface area is 131 Å². The molecular weight excluding hydrogens is 278 g/mol. The number of hydrogen-bond acceptors (Lipinski definition) is 4. The van der Waals surface area contributed by atoms with Gasteiger partial charge in [0.2, 0.25) is 0 Å². The number of aliphatic hydroxyl groups is 1. The van der Waals surface area contributed by atoms with Crippen LogP contribution in [0.5, 0.6) is 0 Å². The van der Waals surface area contributed by atoms with Gasteiger partial charge in [-0.2, -0.15) is 5.10 Å². The van der Waals surface area contributed by atoms with Crippen LogP contribution < -0.4 is 0 Å². The smallest absolute Gasteiger partial charge is 0.132 e. The van der Waals surface area contributed by atoms with E-state index in [4.69, 9.17) is 4.42 Å². The van der Waals surface area contributed by atoms with Gasteiger partial charge in [-0.15, -0.1) is 0 Å². The van der Waals surface area contributed by atoms with Gasteiger partial charge in [-0.25, -0.2) is 0 Å². The summed E-state index contributed by atoms with van der Waals surface area (Å²) in [5.41, 5.74) is 1.10. The predicted octanol–water partition coefficient (Wildman–Crippen LogP) is 2.88. The van der Waals surface area contributed by atoms with Gasteiger partial charge in [0.15, 0.2) is 0 Å². The van der Waals surface area contributed by atoms with Gasteiger partial charge in [0.25, 0.3) is 0 Å². The molecule has 0 aromatic carbocycles. The van der Waals surface area contributed by atoms with E-state index in [1.807, 2.05) is 30.1 Å². The highest BCUT2D eigenvalue weighted by Gasteiger charge is 2.25. The van der Waals surface area contributed by atoms with E-state index in [2.05, 4.69) is 16.1 Å². The van der Waals surface area contributed by atoms with Gasteiger partial charge in [0.1, 0.15) is 11.9 Å². The van der Waals surface area contributed by atoms with Crippen LogP contribution in [0.25, 0.3) is 0 Å². The molecule has 3 heterocycles. The molecule has 0 radical (unpaired) electrons. The van der Waals surface area contributed by atoms with Crippen LogP contribution in [-0.2, 0) is 13.6 Å². The third kappa shape index (κ3) is 3.78. The molecule has 2 aromatic rings. The van der Waals surface area contributed by atoms with Gasteiger partial charge in [-0.05, 0) is 44.0 Å². The molecule has 1 N–H and O–H groups in total. The second kappa shape index (κ2) is 7.11. The molecule has 1 saturated heterocycles. The molecule has 120 valence electrons. The molecule has 0 bridgehead atoms. The van der Waals surface area contributed by atoms with Crippen LogP contribution in [0.4, 0.5) is 0 Å². The highest BCUT2D eigenvalue weighted by Crippen LogP contribution is 2.27. The van der Waals surface area contributed by atoms with Crippen molar-refractivity contribution in [1.29, 1.82) is 0 Å². The first-order valence-corrected chi connectivity index (χ1v) is 8.16. The molecule has 3 rings (SSSR count). The van der Waals surface area contributed by atoms with E-state index < -0.39 is 6.10 Å². The SMILES string of the molecule is Cn1ccc(CN2CCCCCC2CC(O)c2ccco2)n1. The van der Waals surface area contributed by atoms with Crippen molar-refractivity contribution in [3.8, 4) is 0 Å². The van der Waals surface area contributed by atoms with Crippen molar-refractivity contribution >= 4 is 0 Å². The second-order valence-electron chi connectivity index (χ2n) is 6.22. The maximum absolute atomic E-state index is 10.4. The van der Waals surface area contributed by atoms with Crippen LogP contribution in [-0.4, -0.2) is 32.4 Å². The lowest BCUT2D eigenvalue weighted by molar-refractivity contribution is 0.0824. The van der Waals surface area contributed by atoms with Crippen molar-refractivity contribution in [3.05, 3.63) is 42.1 Å². The topological polar surface area (TPSA) is 54.4 Å². The lowest BCUT2D eigenvalue weighted by Gasteiger charge is -2.30. The average molecular weight is 303 g/mol. The molecule has 1 aliphatic heterocycles. The third-order valence-corrected chi connectivity index (χ3v) is 4.50. The fourth-order valence-corrected chi connectivity index (χ4v) is 3.32.